The summed E-state index contributed by atoms with van der Waals surface area (Å²) in [6.07, 6.45) is 3.13. The molecule has 1 atom stereocenters. The Hall–Kier alpha value is -1.55. The normalized spacial score (nSPS) is 12.9. The SMILES string of the molecule is CCC(O)CNC(=O)/C=C/c1ccc(C)o1. The second kappa shape index (κ2) is 6.12. The number of rotatable bonds is 5. The van der Waals surface area contributed by atoms with Gasteiger partial charge in [-0.05, 0) is 31.6 Å². The number of carbonyl (C=O) groups excluding carboxylic acids is 1. The van der Waals surface area contributed by atoms with E-state index in [0.29, 0.717) is 12.2 Å². The smallest absolute Gasteiger partial charge is 0.244 e. The van der Waals surface area contributed by atoms with E-state index < -0.39 is 6.10 Å². The first kappa shape index (κ1) is 12.5. The quantitative estimate of drug-likeness (QED) is 0.743. The van der Waals surface area contributed by atoms with Crippen LogP contribution in [-0.4, -0.2) is 23.7 Å². The van der Waals surface area contributed by atoms with Crippen LogP contribution in [0.15, 0.2) is 22.6 Å². The van der Waals surface area contributed by atoms with E-state index in [-0.39, 0.29) is 12.5 Å². The van der Waals surface area contributed by atoms with Crippen LogP contribution in [0.1, 0.15) is 24.9 Å². The van der Waals surface area contributed by atoms with Crippen LogP contribution in [0.25, 0.3) is 6.08 Å². The molecular formula is C12H17NO3. The van der Waals surface area contributed by atoms with Gasteiger partial charge in [0, 0.05) is 12.6 Å². The van der Waals surface area contributed by atoms with Crippen molar-refractivity contribution in [3.8, 4) is 0 Å². The van der Waals surface area contributed by atoms with Crippen LogP contribution in [0.2, 0.25) is 0 Å². The Kier molecular flexibility index (Phi) is 4.79. The van der Waals surface area contributed by atoms with E-state index in [1.807, 2.05) is 19.9 Å². The van der Waals surface area contributed by atoms with Crippen molar-refractivity contribution in [2.24, 2.45) is 0 Å². The van der Waals surface area contributed by atoms with Crippen LogP contribution < -0.4 is 5.32 Å². The van der Waals surface area contributed by atoms with Gasteiger partial charge in [0.15, 0.2) is 0 Å². The summed E-state index contributed by atoms with van der Waals surface area (Å²) < 4.78 is 5.26. The Balaban J connectivity index is 2.36. The van der Waals surface area contributed by atoms with Crippen LogP contribution in [0.3, 0.4) is 0 Å². The summed E-state index contributed by atoms with van der Waals surface area (Å²) in [5.41, 5.74) is 0. The number of hydrogen-bond donors (Lipinski definition) is 2. The van der Waals surface area contributed by atoms with Gasteiger partial charge in [0.05, 0.1) is 6.10 Å². The molecule has 88 valence electrons. The molecule has 0 aliphatic heterocycles. The van der Waals surface area contributed by atoms with Gasteiger partial charge >= 0.3 is 0 Å². The van der Waals surface area contributed by atoms with E-state index >= 15 is 0 Å². The Morgan fingerprint density at radius 2 is 2.38 bits per heavy atom. The maximum absolute atomic E-state index is 11.3. The first-order valence-electron chi connectivity index (χ1n) is 5.32. The Morgan fingerprint density at radius 1 is 1.62 bits per heavy atom. The average molecular weight is 223 g/mol. The molecule has 1 rings (SSSR count). The fourth-order valence-corrected chi connectivity index (χ4v) is 1.12. The molecule has 0 aliphatic carbocycles. The molecule has 4 nitrogen and oxygen atoms in total. The van der Waals surface area contributed by atoms with E-state index in [9.17, 15) is 9.90 Å². The van der Waals surface area contributed by atoms with Crippen LogP contribution in [0.5, 0.6) is 0 Å². The molecular weight excluding hydrogens is 206 g/mol. The van der Waals surface area contributed by atoms with Crippen LogP contribution in [-0.2, 0) is 4.79 Å². The molecule has 0 aromatic carbocycles. The zero-order valence-corrected chi connectivity index (χ0v) is 9.56. The number of aliphatic hydroxyl groups is 1. The third kappa shape index (κ3) is 4.31. The Bertz CT molecular complexity index is 368. The van der Waals surface area contributed by atoms with Gasteiger partial charge in [-0.2, -0.15) is 0 Å². The molecule has 4 heteroatoms. The number of aryl methyl sites for hydroxylation is 1. The molecule has 1 aromatic rings. The van der Waals surface area contributed by atoms with Crippen LogP contribution in [0, 0.1) is 6.92 Å². The molecule has 2 N–H and O–H groups in total. The van der Waals surface area contributed by atoms with Crippen molar-refractivity contribution in [1.29, 1.82) is 0 Å². The molecule has 1 amide bonds. The van der Waals surface area contributed by atoms with Gasteiger partial charge in [0.25, 0.3) is 0 Å². The number of amides is 1. The Morgan fingerprint density at radius 3 is 2.94 bits per heavy atom. The van der Waals surface area contributed by atoms with Gasteiger partial charge in [-0.1, -0.05) is 6.92 Å². The lowest BCUT2D eigenvalue weighted by Crippen LogP contribution is -2.30. The monoisotopic (exact) mass is 223 g/mol. The fraction of sp³-hybridized carbons (Fsp3) is 0.417. The predicted molar refractivity (Wildman–Crippen MR) is 61.8 cm³/mol. The second-order valence-corrected chi connectivity index (χ2v) is 3.59. The van der Waals surface area contributed by atoms with Crippen LogP contribution in [0.4, 0.5) is 0 Å². The van der Waals surface area contributed by atoms with E-state index in [0.717, 1.165) is 5.76 Å². The summed E-state index contributed by atoms with van der Waals surface area (Å²) in [7, 11) is 0. The number of carbonyl (C=O) groups is 1. The highest BCUT2D eigenvalue weighted by Crippen LogP contribution is 2.07. The minimum absolute atomic E-state index is 0.235. The lowest BCUT2D eigenvalue weighted by molar-refractivity contribution is -0.116. The summed E-state index contributed by atoms with van der Waals surface area (Å²) in [6.45, 7) is 3.98. The van der Waals surface area contributed by atoms with Crippen molar-refractivity contribution in [2.75, 3.05) is 6.54 Å². The van der Waals surface area contributed by atoms with E-state index in [1.165, 1.54) is 6.08 Å². The van der Waals surface area contributed by atoms with Crippen LogP contribution >= 0.6 is 0 Å². The molecule has 0 saturated heterocycles. The average Bonchev–Trinajstić information content (AvgIpc) is 2.69. The highest BCUT2D eigenvalue weighted by atomic mass is 16.3. The molecule has 0 radical (unpaired) electrons. The summed E-state index contributed by atoms with van der Waals surface area (Å²) in [4.78, 5) is 11.3. The highest BCUT2D eigenvalue weighted by molar-refractivity contribution is 5.91. The van der Waals surface area contributed by atoms with E-state index in [2.05, 4.69) is 5.32 Å². The van der Waals surface area contributed by atoms with E-state index in [4.69, 9.17) is 4.42 Å². The molecule has 0 saturated carbocycles. The first-order valence-corrected chi connectivity index (χ1v) is 5.32. The molecule has 1 heterocycles. The summed E-state index contributed by atoms with van der Waals surface area (Å²) in [6, 6.07) is 3.62. The van der Waals surface area contributed by atoms with Crippen molar-refractivity contribution < 1.29 is 14.3 Å². The van der Waals surface area contributed by atoms with Crippen molar-refractivity contribution >= 4 is 12.0 Å². The Labute approximate surface area is 95.0 Å². The standard InChI is InChI=1S/C12H17NO3/c1-3-10(14)8-13-12(15)7-6-11-5-4-9(2)16-11/h4-7,10,14H,3,8H2,1-2H3,(H,13,15)/b7-6+. The molecule has 0 bridgehead atoms. The molecule has 16 heavy (non-hydrogen) atoms. The molecule has 0 aliphatic rings. The lowest BCUT2D eigenvalue weighted by atomic mass is 10.3. The maximum atomic E-state index is 11.3. The van der Waals surface area contributed by atoms with Gasteiger partial charge in [0.1, 0.15) is 11.5 Å². The topological polar surface area (TPSA) is 62.5 Å². The first-order chi connectivity index (χ1) is 7.61. The molecule has 0 fully saturated rings. The van der Waals surface area contributed by atoms with Crippen molar-refractivity contribution in [3.05, 3.63) is 29.7 Å². The van der Waals surface area contributed by atoms with Crippen molar-refractivity contribution in [2.45, 2.75) is 26.4 Å². The minimum Gasteiger partial charge on any atom is -0.462 e. The zero-order valence-electron chi connectivity index (χ0n) is 9.56. The maximum Gasteiger partial charge on any atom is 0.244 e. The number of aliphatic hydroxyl groups excluding tert-OH is 1. The van der Waals surface area contributed by atoms with Crippen molar-refractivity contribution in [1.82, 2.24) is 5.32 Å². The van der Waals surface area contributed by atoms with Gasteiger partial charge < -0.3 is 14.8 Å². The fourth-order valence-electron chi connectivity index (χ4n) is 1.12. The predicted octanol–water partition coefficient (Wildman–Crippen LogP) is 1.49. The van der Waals surface area contributed by atoms with E-state index in [1.54, 1.807) is 12.1 Å². The molecule has 1 aromatic heterocycles. The van der Waals surface area contributed by atoms with Gasteiger partial charge in [-0.25, -0.2) is 0 Å². The summed E-state index contributed by atoms with van der Waals surface area (Å²) in [5, 5.41) is 11.8. The number of furan rings is 1. The molecule has 0 spiro atoms. The lowest BCUT2D eigenvalue weighted by Gasteiger charge is -2.06. The van der Waals surface area contributed by atoms with Gasteiger partial charge in [0.2, 0.25) is 5.91 Å². The second-order valence-electron chi connectivity index (χ2n) is 3.59. The third-order valence-electron chi connectivity index (χ3n) is 2.14. The highest BCUT2D eigenvalue weighted by Gasteiger charge is 2.02. The zero-order chi connectivity index (χ0) is 12.0. The minimum atomic E-state index is -0.483. The third-order valence-corrected chi connectivity index (χ3v) is 2.14. The van der Waals surface area contributed by atoms with Gasteiger partial charge in [-0.15, -0.1) is 0 Å². The van der Waals surface area contributed by atoms with Crippen molar-refractivity contribution in [3.63, 3.8) is 0 Å². The summed E-state index contributed by atoms with van der Waals surface area (Å²) in [5.74, 6) is 1.21. The molecule has 1 unspecified atom stereocenters. The van der Waals surface area contributed by atoms with Gasteiger partial charge in [-0.3, -0.25) is 4.79 Å². The largest absolute Gasteiger partial charge is 0.462 e. The number of hydrogen-bond acceptors (Lipinski definition) is 3. The number of nitrogens with one attached hydrogen (secondary N) is 1. The summed E-state index contributed by atoms with van der Waals surface area (Å²) >= 11 is 0.